The molecule has 0 radical (unpaired) electrons. The number of carboxylic acids is 1. The number of allylic oxidation sites excluding steroid dienone is 2. The molecule has 0 saturated carbocycles. The molecule has 0 amide bonds. The summed E-state index contributed by atoms with van der Waals surface area (Å²) in [7, 11) is 0. The van der Waals surface area contributed by atoms with E-state index in [9.17, 15) is 14.4 Å². The molecular formula is C22H20O6. The number of furan rings is 1. The van der Waals surface area contributed by atoms with Gasteiger partial charge in [-0.3, -0.25) is 9.59 Å². The largest absolute Gasteiger partial charge is 0.478 e. The Bertz CT molecular complexity index is 1010. The van der Waals surface area contributed by atoms with Crippen molar-refractivity contribution in [3.05, 3.63) is 59.1 Å². The predicted molar refractivity (Wildman–Crippen MR) is 99.6 cm³/mol. The minimum Gasteiger partial charge on any atom is -0.478 e. The number of carbonyl (C=O) groups is 3. The molecule has 6 nitrogen and oxygen atoms in total. The Labute approximate surface area is 161 Å². The molecule has 1 atom stereocenters. The lowest BCUT2D eigenvalue weighted by Gasteiger charge is -2.35. The maximum absolute atomic E-state index is 12.8. The quantitative estimate of drug-likeness (QED) is 0.797. The van der Waals surface area contributed by atoms with Gasteiger partial charge in [-0.1, -0.05) is 26.0 Å². The SMILES string of the molecule is CC1(C)CC(=O)C2=C(C1)OC(=O)C[C@H]2c1ccc(-c2ccc(C(=O)O)cc2)o1. The summed E-state index contributed by atoms with van der Waals surface area (Å²) in [6, 6.07) is 9.88. The second-order valence-corrected chi connectivity index (χ2v) is 8.09. The summed E-state index contributed by atoms with van der Waals surface area (Å²) < 4.78 is 11.4. The molecule has 144 valence electrons. The lowest BCUT2D eigenvalue weighted by atomic mass is 9.72. The van der Waals surface area contributed by atoms with Crippen molar-refractivity contribution in [2.75, 3.05) is 0 Å². The Morgan fingerprint density at radius 3 is 2.46 bits per heavy atom. The number of esters is 1. The number of aromatic carboxylic acids is 1. The van der Waals surface area contributed by atoms with Crippen molar-refractivity contribution in [2.45, 2.75) is 39.0 Å². The first-order chi connectivity index (χ1) is 13.2. The number of carbonyl (C=O) groups excluding carboxylic acids is 2. The fourth-order valence-electron chi connectivity index (χ4n) is 3.92. The van der Waals surface area contributed by atoms with Gasteiger partial charge in [-0.15, -0.1) is 0 Å². The van der Waals surface area contributed by atoms with Crippen LogP contribution in [0.4, 0.5) is 0 Å². The van der Waals surface area contributed by atoms with E-state index in [1.54, 1.807) is 24.3 Å². The molecule has 1 aromatic heterocycles. The minimum atomic E-state index is -0.995. The van der Waals surface area contributed by atoms with Gasteiger partial charge >= 0.3 is 11.9 Å². The molecule has 2 heterocycles. The second kappa shape index (κ2) is 6.48. The Morgan fingerprint density at radius 1 is 1.07 bits per heavy atom. The van der Waals surface area contributed by atoms with E-state index in [0.717, 1.165) is 5.56 Å². The van der Waals surface area contributed by atoms with Crippen LogP contribution in [0.1, 0.15) is 55.1 Å². The van der Waals surface area contributed by atoms with Gasteiger partial charge in [-0.25, -0.2) is 4.79 Å². The van der Waals surface area contributed by atoms with E-state index in [1.807, 2.05) is 13.8 Å². The van der Waals surface area contributed by atoms with Crippen LogP contribution in [0, 0.1) is 5.41 Å². The molecule has 4 rings (SSSR count). The molecule has 0 bridgehead atoms. The van der Waals surface area contributed by atoms with Crippen LogP contribution in [0.3, 0.4) is 0 Å². The number of Topliss-reactive ketones (excluding diaryl/α,β-unsaturated/α-hetero) is 1. The number of ether oxygens (including phenoxy) is 1. The van der Waals surface area contributed by atoms with E-state index < -0.39 is 11.9 Å². The number of benzene rings is 1. The summed E-state index contributed by atoms with van der Waals surface area (Å²) in [6.07, 6.45) is 1.01. The Hall–Kier alpha value is -3.15. The molecule has 1 aromatic carbocycles. The molecule has 1 aliphatic carbocycles. The van der Waals surface area contributed by atoms with Gasteiger partial charge in [0, 0.05) is 24.0 Å². The third kappa shape index (κ3) is 3.26. The smallest absolute Gasteiger partial charge is 0.335 e. The van der Waals surface area contributed by atoms with Crippen molar-refractivity contribution in [2.24, 2.45) is 5.41 Å². The first-order valence-corrected chi connectivity index (χ1v) is 9.14. The van der Waals surface area contributed by atoms with Crippen molar-refractivity contribution >= 4 is 17.7 Å². The predicted octanol–water partition coefficient (Wildman–Crippen LogP) is 4.32. The third-order valence-corrected chi connectivity index (χ3v) is 5.22. The Kier molecular flexibility index (Phi) is 4.22. The van der Waals surface area contributed by atoms with Crippen molar-refractivity contribution in [1.29, 1.82) is 0 Å². The van der Waals surface area contributed by atoms with Crippen LogP contribution in [0.15, 0.2) is 52.1 Å². The zero-order chi connectivity index (χ0) is 20.1. The summed E-state index contributed by atoms with van der Waals surface area (Å²) in [5.41, 5.74) is 1.22. The molecule has 2 aliphatic rings. The Morgan fingerprint density at radius 2 is 1.79 bits per heavy atom. The van der Waals surface area contributed by atoms with Gasteiger partial charge in [0.2, 0.25) is 0 Å². The second-order valence-electron chi connectivity index (χ2n) is 8.09. The van der Waals surface area contributed by atoms with Gasteiger partial charge in [-0.2, -0.15) is 0 Å². The van der Waals surface area contributed by atoms with Gasteiger partial charge in [0.05, 0.1) is 17.9 Å². The van der Waals surface area contributed by atoms with Gasteiger partial charge < -0.3 is 14.3 Å². The lowest BCUT2D eigenvalue weighted by molar-refractivity contribution is -0.142. The van der Waals surface area contributed by atoms with Crippen LogP contribution in [-0.2, 0) is 14.3 Å². The van der Waals surface area contributed by atoms with E-state index >= 15 is 0 Å². The summed E-state index contributed by atoms with van der Waals surface area (Å²) >= 11 is 0. The highest BCUT2D eigenvalue weighted by atomic mass is 16.5. The molecule has 6 heteroatoms. The molecule has 1 aliphatic heterocycles. The maximum atomic E-state index is 12.8. The van der Waals surface area contributed by atoms with Crippen LogP contribution in [0.5, 0.6) is 0 Å². The summed E-state index contributed by atoms with van der Waals surface area (Å²) in [5, 5.41) is 9.01. The highest BCUT2D eigenvalue weighted by Gasteiger charge is 2.43. The normalized spacial score (nSPS) is 21.3. The van der Waals surface area contributed by atoms with Gasteiger partial charge in [-0.05, 0) is 29.7 Å². The van der Waals surface area contributed by atoms with Crippen LogP contribution in [-0.4, -0.2) is 22.8 Å². The van der Waals surface area contributed by atoms with Gasteiger partial charge in [0.1, 0.15) is 17.3 Å². The first-order valence-electron chi connectivity index (χ1n) is 9.14. The van der Waals surface area contributed by atoms with Crippen molar-refractivity contribution in [3.8, 4) is 11.3 Å². The molecule has 2 aromatic rings. The number of hydrogen-bond donors (Lipinski definition) is 1. The molecule has 1 N–H and O–H groups in total. The lowest BCUT2D eigenvalue weighted by Crippen LogP contribution is -2.33. The molecule has 0 unspecified atom stereocenters. The average Bonchev–Trinajstić information content (AvgIpc) is 3.09. The molecular weight excluding hydrogens is 360 g/mol. The molecule has 0 spiro atoms. The van der Waals surface area contributed by atoms with E-state index in [1.165, 1.54) is 12.1 Å². The van der Waals surface area contributed by atoms with Crippen LogP contribution in [0.2, 0.25) is 0 Å². The highest BCUT2D eigenvalue weighted by molar-refractivity contribution is 6.00. The summed E-state index contributed by atoms with van der Waals surface area (Å²) in [5.74, 6) is -0.264. The fourth-order valence-corrected chi connectivity index (χ4v) is 3.92. The van der Waals surface area contributed by atoms with Gasteiger partial charge in [0.25, 0.3) is 0 Å². The van der Waals surface area contributed by atoms with Crippen molar-refractivity contribution in [1.82, 2.24) is 0 Å². The Balaban J connectivity index is 1.68. The zero-order valence-corrected chi connectivity index (χ0v) is 15.7. The summed E-state index contributed by atoms with van der Waals surface area (Å²) in [4.78, 5) is 35.9. The standard InChI is InChI=1S/C22H20O6/c1-22(2)10-15(23)20-14(9-19(24)28-18(20)11-22)17-8-7-16(27-17)12-3-5-13(6-4-12)21(25)26/h3-8,14H,9-11H2,1-2H3,(H,25,26)/t14-/m0/s1. The molecule has 0 saturated heterocycles. The van der Waals surface area contributed by atoms with Gasteiger partial charge in [0.15, 0.2) is 5.78 Å². The molecule has 0 fully saturated rings. The van der Waals surface area contributed by atoms with Crippen LogP contribution >= 0.6 is 0 Å². The number of carboxylic acid groups (broad SMARTS) is 1. The van der Waals surface area contributed by atoms with Crippen LogP contribution < -0.4 is 0 Å². The van der Waals surface area contributed by atoms with E-state index in [2.05, 4.69) is 0 Å². The fraction of sp³-hybridized carbons (Fsp3) is 0.318. The zero-order valence-electron chi connectivity index (χ0n) is 15.7. The molecule has 28 heavy (non-hydrogen) atoms. The van der Waals surface area contributed by atoms with E-state index in [-0.39, 0.29) is 29.2 Å². The topological polar surface area (TPSA) is 93.8 Å². The number of ketones is 1. The van der Waals surface area contributed by atoms with Crippen molar-refractivity contribution in [3.63, 3.8) is 0 Å². The van der Waals surface area contributed by atoms with E-state index in [0.29, 0.717) is 35.7 Å². The van der Waals surface area contributed by atoms with Crippen LogP contribution in [0.25, 0.3) is 11.3 Å². The third-order valence-electron chi connectivity index (χ3n) is 5.22. The maximum Gasteiger partial charge on any atom is 0.335 e. The van der Waals surface area contributed by atoms with Crippen molar-refractivity contribution < 1.29 is 28.6 Å². The highest BCUT2D eigenvalue weighted by Crippen LogP contribution is 2.46. The minimum absolute atomic E-state index is 0.00693. The number of rotatable bonds is 3. The number of hydrogen-bond acceptors (Lipinski definition) is 5. The summed E-state index contributed by atoms with van der Waals surface area (Å²) in [6.45, 7) is 3.97. The van der Waals surface area contributed by atoms with E-state index in [4.69, 9.17) is 14.3 Å². The average molecular weight is 380 g/mol. The monoisotopic (exact) mass is 380 g/mol. The first kappa shape index (κ1) is 18.2.